The second-order valence-corrected chi connectivity index (χ2v) is 4.34. The number of hydrogen-bond acceptors (Lipinski definition) is 1. The molecule has 0 radical (unpaired) electrons. The standard InChI is InChI=1S/C13H22N2O/c1-6-10(4)14-13(16)12-9(3)8-11(5)15(12)7-2/h8,10H,6-7H2,1-5H3,(H,14,16). The average Bonchev–Trinajstić information content (AvgIpc) is 2.52. The molecule has 1 N–H and O–H groups in total. The Morgan fingerprint density at radius 2 is 2.06 bits per heavy atom. The predicted octanol–water partition coefficient (Wildman–Crippen LogP) is 2.65. The van der Waals surface area contributed by atoms with Crippen molar-refractivity contribution in [2.75, 3.05) is 0 Å². The van der Waals surface area contributed by atoms with Crippen LogP contribution in [0.2, 0.25) is 0 Å². The SMILES string of the molecule is CCC(C)NC(=O)c1c(C)cc(C)n1CC. The summed E-state index contributed by atoms with van der Waals surface area (Å²) in [6.07, 6.45) is 0.955. The number of hydrogen-bond donors (Lipinski definition) is 1. The highest BCUT2D eigenvalue weighted by atomic mass is 16.2. The van der Waals surface area contributed by atoms with Crippen LogP contribution in [0.4, 0.5) is 0 Å². The van der Waals surface area contributed by atoms with E-state index in [0.717, 1.165) is 29.9 Å². The second kappa shape index (κ2) is 5.19. The lowest BCUT2D eigenvalue weighted by Crippen LogP contribution is -2.33. The number of rotatable bonds is 4. The van der Waals surface area contributed by atoms with E-state index >= 15 is 0 Å². The van der Waals surface area contributed by atoms with E-state index in [1.54, 1.807) is 0 Å². The molecule has 0 saturated carbocycles. The van der Waals surface area contributed by atoms with Gasteiger partial charge in [0.25, 0.3) is 5.91 Å². The van der Waals surface area contributed by atoms with Crippen molar-refractivity contribution >= 4 is 5.91 Å². The van der Waals surface area contributed by atoms with Crippen molar-refractivity contribution < 1.29 is 4.79 Å². The fourth-order valence-electron chi connectivity index (χ4n) is 1.95. The molecule has 0 aliphatic rings. The normalized spacial score (nSPS) is 12.6. The van der Waals surface area contributed by atoms with Gasteiger partial charge in [-0.05, 0) is 45.7 Å². The highest BCUT2D eigenvalue weighted by Gasteiger charge is 2.17. The summed E-state index contributed by atoms with van der Waals surface area (Å²) in [5.74, 6) is 0.0433. The minimum Gasteiger partial charge on any atom is -0.348 e. The first-order chi connectivity index (χ1) is 7.51. The zero-order chi connectivity index (χ0) is 12.3. The predicted molar refractivity (Wildman–Crippen MR) is 66.8 cm³/mol. The molecule has 0 saturated heterocycles. The van der Waals surface area contributed by atoms with Gasteiger partial charge in [0.2, 0.25) is 0 Å². The number of aromatic nitrogens is 1. The summed E-state index contributed by atoms with van der Waals surface area (Å²) in [5, 5.41) is 3.01. The fourth-order valence-corrected chi connectivity index (χ4v) is 1.95. The van der Waals surface area contributed by atoms with E-state index < -0.39 is 0 Å². The molecule has 90 valence electrons. The lowest BCUT2D eigenvalue weighted by atomic mass is 10.2. The number of amides is 1. The molecular weight excluding hydrogens is 200 g/mol. The molecule has 0 aliphatic carbocycles. The van der Waals surface area contributed by atoms with Gasteiger partial charge in [-0.1, -0.05) is 6.92 Å². The average molecular weight is 222 g/mol. The Kier molecular flexibility index (Phi) is 4.16. The highest BCUT2D eigenvalue weighted by molar-refractivity contribution is 5.94. The lowest BCUT2D eigenvalue weighted by molar-refractivity contribution is 0.0929. The summed E-state index contributed by atoms with van der Waals surface area (Å²) in [6, 6.07) is 2.29. The van der Waals surface area contributed by atoms with Crippen LogP contribution in [0.5, 0.6) is 0 Å². The van der Waals surface area contributed by atoms with Gasteiger partial charge in [0.1, 0.15) is 5.69 Å². The van der Waals surface area contributed by atoms with Crippen LogP contribution in [-0.4, -0.2) is 16.5 Å². The van der Waals surface area contributed by atoms with Crippen LogP contribution < -0.4 is 5.32 Å². The Labute approximate surface area is 97.8 Å². The molecule has 0 bridgehead atoms. The van der Waals surface area contributed by atoms with Gasteiger partial charge in [-0.15, -0.1) is 0 Å². The molecule has 3 heteroatoms. The topological polar surface area (TPSA) is 34.0 Å². The van der Waals surface area contributed by atoms with Gasteiger partial charge >= 0.3 is 0 Å². The minimum absolute atomic E-state index is 0.0433. The quantitative estimate of drug-likeness (QED) is 0.835. The molecule has 1 rings (SSSR count). The molecule has 1 heterocycles. The van der Waals surface area contributed by atoms with Gasteiger partial charge in [0.15, 0.2) is 0 Å². The van der Waals surface area contributed by atoms with Crippen LogP contribution in [0.15, 0.2) is 6.07 Å². The Morgan fingerprint density at radius 3 is 2.56 bits per heavy atom. The van der Waals surface area contributed by atoms with Crippen molar-refractivity contribution in [3.63, 3.8) is 0 Å². The van der Waals surface area contributed by atoms with Crippen molar-refractivity contribution in [2.24, 2.45) is 0 Å². The number of nitrogens with zero attached hydrogens (tertiary/aromatic N) is 1. The van der Waals surface area contributed by atoms with Crippen LogP contribution in [0.3, 0.4) is 0 Å². The molecule has 0 aliphatic heterocycles. The van der Waals surface area contributed by atoms with Gasteiger partial charge < -0.3 is 9.88 Å². The fraction of sp³-hybridized carbons (Fsp3) is 0.615. The van der Waals surface area contributed by atoms with E-state index in [2.05, 4.69) is 29.8 Å². The van der Waals surface area contributed by atoms with Crippen LogP contribution in [0.25, 0.3) is 0 Å². The third-order valence-corrected chi connectivity index (χ3v) is 3.02. The summed E-state index contributed by atoms with van der Waals surface area (Å²) in [5.41, 5.74) is 3.01. The van der Waals surface area contributed by atoms with Crippen LogP contribution >= 0.6 is 0 Å². The van der Waals surface area contributed by atoms with Crippen molar-refractivity contribution in [1.82, 2.24) is 9.88 Å². The van der Waals surface area contributed by atoms with Crippen molar-refractivity contribution in [1.29, 1.82) is 0 Å². The molecule has 1 atom stereocenters. The smallest absolute Gasteiger partial charge is 0.268 e. The van der Waals surface area contributed by atoms with Gasteiger partial charge in [0, 0.05) is 18.3 Å². The molecule has 1 unspecified atom stereocenters. The summed E-state index contributed by atoms with van der Waals surface area (Å²) in [4.78, 5) is 12.1. The Hall–Kier alpha value is -1.25. The zero-order valence-electron chi connectivity index (χ0n) is 10.9. The maximum absolute atomic E-state index is 12.1. The summed E-state index contributed by atoms with van der Waals surface area (Å²) in [7, 11) is 0. The Bertz CT molecular complexity index is 380. The number of aryl methyl sites for hydroxylation is 2. The molecular formula is C13H22N2O. The summed E-state index contributed by atoms with van der Waals surface area (Å²) >= 11 is 0. The van der Waals surface area contributed by atoms with E-state index in [9.17, 15) is 4.79 Å². The molecule has 3 nitrogen and oxygen atoms in total. The van der Waals surface area contributed by atoms with Crippen molar-refractivity contribution in [3.05, 3.63) is 23.0 Å². The third kappa shape index (κ3) is 2.46. The number of nitrogens with one attached hydrogen (secondary N) is 1. The molecule has 1 aromatic rings. The van der Waals surface area contributed by atoms with Crippen LogP contribution in [0, 0.1) is 13.8 Å². The molecule has 0 fully saturated rings. The zero-order valence-corrected chi connectivity index (χ0v) is 10.9. The maximum Gasteiger partial charge on any atom is 0.268 e. The first-order valence-corrected chi connectivity index (χ1v) is 5.98. The lowest BCUT2D eigenvalue weighted by Gasteiger charge is -2.14. The maximum atomic E-state index is 12.1. The molecule has 0 aromatic carbocycles. The monoisotopic (exact) mass is 222 g/mol. The molecule has 16 heavy (non-hydrogen) atoms. The van der Waals surface area contributed by atoms with Gasteiger partial charge in [-0.25, -0.2) is 0 Å². The number of carbonyl (C=O) groups excluding carboxylic acids is 1. The van der Waals surface area contributed by atoms with Gasteiger partial charge in [-0.3, -0.25) is 4.79 Å². The first kappa shape index (κ1) is 12.8. The van der Waals surface area contributed by atoms with Crippen molar-refractivity contribution in [2.45, 2.75) is 53.6 Å². The highest BCUT2D eigenvalue weighted by Crippen LogP contribution is 2.15. The van der Waals surface area contributed by atoms with Crippen molar-refractivity contribution in [3.8, 4) is 0 Å². The second-order valence-electron chi connectivity index (χ2n) is 4.34. The summed E-state index contributed by atoms with van der Waals surface area (Å²) < 4.78 is 2.06. The third-order valence-electron chi connectivity index (χ3n) is 3.02. The van der Waals surface area contributed by atoms with E-state index in [-0.39, 0.29) is 11.9 Å². The van der Waals surface area contributed by atoms with E-state index in [1.165, 1.54) is 0 Å². The Balaban J connectivity index is 2.98. The summed E-state index contributed by atoms with van der Waals surface area (Å²) in [6.45, 7) is 11.0. The van der Waals surface area contributed by atoms with Crippen LogP contribution in [-0.2, 0) is 6.54 Å². The number of carbonyl (C=O) groups is 1. The van der Waals surface area contributed by atoms with Crippen LogP contribution in [0.1, 0.15) is 48.9 Å². The molecule has 1 aromatic heterocycles. The molecule has 1 amide bonds. The van der Waals surface area contributed by atoms with Gasteiger partial charge in [0.05, 0.1) is 0 Å². The van der Waals surface area contributed by atoms with E-state index in [0.29, 0.717) is 0 Å². The minimum atomic E-state index is 0.0433. The van der Waals surface area contributed by atoms with Gasteiger partial charge in [-0.2, -0.15) is 0 Å². The van der Waals surface area contributed by atoms with E-state index in [4.69, 9.17) is 0 Å². The Morgan fingerprint density at radius 1 is 1.44 bits per heavy atom. The van der Waals surface area contributed by atoms with E-state index in [1.807, 2.05) is 20.8 Å². The largest absolute Gasteiger partial charge is 0.348 e. The first-order valence-electron chi connectivity index (χ1n) is 5.98. The molecule has 0 spiro atoms.